The molecule has 1 saturated carbocycles. The lowest BCUT2D eigenvalue weighted by Crippen LogP contribution is -2.40. The van der Waals surface area contributed by atoms with Crippen LogP contribution in [0, 0.1) is 0 Å². The van der Waals surface area contributed by atoms with E-state index in [0.717, 1.165) is 36.9 Å². The van der Waals surface area contributed by atoms with Crippen molar-refractivity contribution in [3.8, 4) is 0 Å². The van der Waals surface area contributed by atoms with E-state index in [9.17, 15) is 9.90 Å². The first-order valence-corrected chi connectivity index (χ1v) is 6.94. The molecule has 4 nitrogen and oxygen atoms in total. The molecule has 0 spiro atoms. The second-order valence-corrected chi connectivity index (χ2v) is 5.40. The minimum Gasteiger partial charge on any atom is -0.392 e. The minimum atomic E-state index is -0.365. The van der Waals surface area contributed by atoms with E-state index in [2.05, 4.69) is 0 Å². The molecule has 0 radical (unpaired) electrons. The Kier molecular flexibility index (Phi) is 4.66. The molecule has 0 aliphatic heterocycles. The van der Waals surface area contributed by atoms with Crippen LogP contribution < -0.4 is 10.6 Å². The van der Waals surface area contributed by atoms with Crippen molar-refractivity contribution in [2.24, 2.45) is 5.73 Å². The lowest BCUT2D eigenvalue weighted by Gasteiger charge is -2.31. The first-order chi connectivity index (χ1) is 9.11. The number of halogens is 1. The highest BCUT2D eigenvalue weighted by Gasteiger charge is 2.25. The summed E-state index contributed by atoms with van der Waals surface area (Å²) in [6, 6.07) is 5.64. The number of hydrogen-bond donors (Lipinski definition) is 2. The van der Waals surface area contributed by atoms with E-state index < -0.39 is 0 Å². The third-order valence-corrected chi connectivity index (χ3v) is 3.85. The summed E-state index contributed by atoms with van der Waals surface area (Å²) < 4.78 is 0. The monoisotopic (exact) mass is 282 g/mol. The molecule has 19 heavy (non-hydrogen) atoms. The Hall–Kier alpha value is -1.26. The zero-order valence-electron chi connectivity index (χ0n) is 10.8. The van der Waals surface area contributed by atoms with Gasteiger partial charge in [0.1, 0.15) is 0 Å². The highest BCUT2D eigenvalue weighted by atomic mass is 35.5. The second-order valence-electron chi connectivity index (χ2n) is 4.96. The summed E-state index contributed by atoms with van der Waals surface area (Å²) in [6.45, 7) is 0.0898. The minimum absolute atomic E-state index is 0.0749. The molecule has 2 rings (SSSR count). The van der Waals surface area contributed by atoms with E-state index in [1.807, 2.05) is 4.90 Å². The van der Waals surface area contributed by atoms with Gasteiger partial charge in [0.15, 0.2) is 0 Å². The van der Waals surface area contributed by atoms with Crippen molar-refractivity contribution in [1.82, 2.24) is 0 Å². The van der Waals surface area contributed by atoms with Gasteiger partial charge in [0, 0.05) is 22.3 Å². The third kappa shape index (κ3) is 3.39. The number of anilines is 1. The third-order valence-electron chi connectivity index (χ3n) is 3.62. The van der Waals surface area contributed by atoms with Crippen LogP contribution in [0.4, 0.5) is 5.69 Å². The second kappa shape index (κ2) is 6.26. The summed E-state index contributed by atoms with van der Waals surface area (Å²) in [5, 5.41) is 10.0. The van der Waals surface area contributed by atoms with Crippen molar-refractivity contribution in [1.29, 1.82) is 0 Å². The molecular weight excluding hydrogens is 264 g/mol. The number of rotatable bonds is 5. The number of nitrogens with two attached hydrogens (primary N) is 1. The predicted molar refractivity (Wildman–Crippen MR) is 76.2 cm³/mol. The molecule has 1 aliphatic carbocycles. The van der Waals surface area contributed by atoms with Crippen molar-refractivity contribution in [3.63, 3.8) is 0 Å². The molecule has 5 heteroatoms. The Bertz CT molecular complexity index is 459. The van der Waals surface area contributed by atoms with Gasteiger partial charge in [-0.2, -0.15) is 0 Å². The van der Waals surface area contributed by atoms with Crippen molar-refractivity contribution in [2.45, 2.75) is 38.3 Å². The number of nitrogens with zero attached hydrogens (tertiary/aromatic N) is 1. The fourth-order valence-electron chi connectivity index (χ4n) is 2.73. The first-order valence-electron chi connectivity index (χ1n) is 6.56. The number of carbonyl (C=O) groups excluding carboxylic acids is 1. The molecule has 1 aliphatic rings. The van der Waals surface area contributed by atoms with Crippen molar-refractivity contribution >= 4 is 23.2 Å². The molecule has 1 amide bonds. The van der Waals surface area contributed by atoms with E-state index in [0.29, 0.717) is 11.1 Å². The average Bonchev–Trinajstić information content (AvgIpc) is 2.89. The SMILES string of the molecule is NC(=O)CN(c1cc(Cl)ccc1CO)C1CCCC1. The van der Waals surface area contributed by atoms with Gasteiger partial charge < -0.3 is 15.7 Å². The van der Waals surface area contributed by atoms with Crippen LogP contribution in [0.2, 0.25) is 5.02 Å². The van der Waals surface area contributed by atoms with Gasteiger partial charge in [-0.05, 0) is 25.0 Å². The Morgan fingerprint density at radius 3 is 2.68 bits per heavy atom. The smallest absolute Gasteiger partial charge is 0.236 e. The summed E-state index contributed by atoms with van der Waals surface area (Å²) in [5.74, 6) is -0.365. The first kappa shape index (κ1) is 14.2. The fourth-order valence-corrected chi connectivity index (χ4v) is 2.90. The summed E-state index contributed by atoms with van der Waals surface area (Å²) in [4.78, 5) is 13.3. The Labute approximate surface area is 118 Å². The molecule has 0 atom stereocenters. The molecule has 1 fully saturated rings. The van der Waals surface area contributed by atoms with Crippen molar-refractivity contribution < 1.29 is 9.90 Å². The van der Waals surface area contributed by atoms with Gasteiger partial charge in [-0.1, -0.05) is 30.5 Å². The van der Waals surface area contributed by atoms with Crippen LogP contribution in [0.1, 0.15) is 31.2 Å². The Balaban J connectivity index is 2.35. The number of aliphatic hydroxyl groups excluding tert-OH is 1. The van der Waals surface area contributed by atoms with Crippen LogP contribution in [0.25, 0.3) is 0 Å². The molecule has 0 aromatic heterocycles. The van der Waals surface area contributed by atoms with E-state index in [1.54, 1.807) is 18.2 Å². The molecule has 0 bridgehead atoms. The quantitative estimate of drug-likeness (QED) is 0.869. The normalized spacial score (nSPS) is 15.7. The maximum absolute atomic E-state index is 11.3. The Morgan fingerprint density at radius 1 is 1.42 bits per heavy atom. The molecule has 1 aromatic carbocycles. The van der Waals surface area contributed by atoms with E-state index in [-0.39, 0.29) is 19.1 Å². The van der Waals surface area contributed by atoms with Gasteiger partial charge in [0.05, 0.1) is 13.2 Å². The van der Waals surface area contributed by atoms with Gasteiger partial charge in [0.25, 0.3) is 0 Å². The summed E-state index contributed by atoms with van der Waals surface area (Å²) in [6.07, 6.45) is 4.42. The van der Waals surface area contributed by atoms with Crippen LogP contribution in [-0.4, -0.2) is 23.6 Å². The van der Waals surface area contributed by atoms with E-state index in [4.69, 9.17) is 17.3 Å². The number of carbonyl (C=O) groups is 1. The highest BCUT2D eigenvalue weighted by Crippen LogP contribution is 2.32. The number of benzene rings is 1. The van der Waals surface area contributed by atoms with Crippen molar-refractivity contribution in [3.05, 3.63) is 28.8 Å². The van der Waals surface area contributed by atoms with Crippen molar-refractivity contribution in [2.75, 3.05) is 11.4 Å². The highest BCUT2D eigenvalue weighted by molar-refractivity contribution is 6.30. The van der Waals surface area contributed by atoms with E-state index >= 15 is 0 Å². The van der Waals surface area contributed by atoms with Crippen LogP contribution in [0.15, 0.2) is 18.2 Å². The van der Waals surface area contributed by atoms with Gasteiger partial charge in [-0.3, -0.25) is 4.79 Å². The number of hydrogen-bond acceptors (Lipinski definition) is 3. The van der Waals surface area contributed by atoms with Gasteiger partial charge in [-0.15, -0.1) is 0 Å². The number of primary amides is 1. The topological polar surface area (TPSA) is 66.6 Å². The van der Waals surface area contributed by atoms with E-state index in [1.165, 1.54) is 0 Å². The molecule has 1 aromatic rings. The molecular formula is C14H19ClN2O2. The van der Waals surface area contributed by atoms with Gasteiger partial charge >= 0.3 is 0 Å². The predicted octanol–water partition coefficient (Wildman–Crippen LogP) is 2.07. The van der Waals surface area contributed by atoms with Gasteiger partial charge in [-0.25, -0.2) is 0 Å². The largest absolute Gasteiger partial charge is 0.392 e. The summed E-state index contributed by atoms with van der Waals surface area (Å²) in [5.41, 5.74) is 6.95. The number of aliphatic hydroxyl groups is 1. The number of amides is 1. The lowest BCUT2D eigenvalue weighted by molar-refractivity contribution is -0.116. The van der Waals surface area contributed by atoms with Crippen LogP contribution in [0.5, 0.6) is 0 Å². The van der Waals surface area contributed by atoms with Crippen LogP contribution >= 0.6 is 11.6 Å². The maximum atomic E-state index is 11.3. The summed E-state index contributed by atoms with van der Waals surface area (Å²) in [7, 11) is 0. The fraction of sp³-hybridized carbons (Fsp3) is 0.500. The molecule has 0 heterocycles. The Morgan fingerprint density at radius 2 is 2.11 bits per heavy atom. The summed E-state index contributed by atoms with van der Waals surface area (Å²) >= 11 is 6.04. The van der Waals surface area contributed by atoms with Crippen LogP contribution in [-0.2, 0) is 11.4 Å². The molecule has 3 N–H and O–H groups in total. The zero-order chi connectivity index (χ0) is 13.8. The zero-order valence-corrected chi connectivity index (χ0v) is 11.6. The molecule has 104 valence electrons. The molecule has 0 unspecified atom stereocenters. The van der Waals surface area contributed by atoms with Gasteiger partial charge in [0.2, 0.25) is 5.91 Å². The standard InChI is InChI=1S/C14H19ClN2O2/c15-11-6-5-10(9-18)13(7-11)17(8-14(16)19)12-3-1-2-4-12/h5-7,12,18H,1-4,8-9H2,(H2,16,19). The van der Waals surface area contributed by atoms with Crippen LogP contribution in [0.3, 0.4) is 0 Å². The lowest BCUT2D eigenvalue weighted by atomic mass is 10.1. The molecule has 0 saturated heterocycles. The maximum Gasteiger partial charge on any atom is 0.236 e. The average molecular weight is 283 g/mol.